The molecule has 2 aromatic heterocycles. The molecule has 3 N–H and O–H groups in total. The number of ketones is 1. The predicted octanol–water partition coefficient (Wildman–Crippen LogP) is 3.97. The van der Waals surface area contributed by atoms with Crippen LogP contribution in [0.3, 0.4) is 0 Å². The first-order valence-electron chi connectivity index (χ1n) is 13.7. The minimum atomic E-state index is 0.0607. The van der Waals surface area contributed by atoms with Crippen LogP contribution in [0.15, 0.2) is 73.2 Å². The molecule has 10 heteroatoms. The molecule has 0 bridgehead atoms. The summed E-state index contributed by atoms with van der Waals surface area (Å²) in [6.45, 7) is 3.39. The molecule has 4 heterocycles. The topological polar surface area (TPSA) is 120 Å². The number of likely N-dealkylation sites (tertiary alicyclic amines) is 1. The van der Waals surface area contributed by atoms with Gasteiger partial charge in [-0.25, -0.2) is 14.6 Å². The molecule has 6 rings (SSSR count). The zero-order valence-corrected chi connectivity index (χ0v) is 22.3. The third kappa shape index (κ3) is 5.83. The van der Waals surface area contributed by atoms with Gasteiger partial charge >= 0.3 is 0 Å². The van der Waals surface area contributed by atoms with Gasteiger partial charge in [-0.15, -0.1) is 0 Å². The number of aromatic nitrogens is 4. The Hall–Kier alpha value is -4.28. The molecule has 0 aliphatic carbocycles. The zero-order chi connectivity index (χ0) is 27.3. The molecule has 2 aliphatic heterocycles. The highest BCUT2D eigenvalue weighted by Crippen LogP contribution is 2.34. The van der Waals surface area contributed by atoms with Crippen LogP contribution in [-0.2, 0) is 9.53 Å². The van der Waals surface area contributed by atoms with Crippen molar-refractivity contribution in [1.82, 2.24) is 30.0 Å². The summed E-state index contributed by atoms with van der Waals surface area (Å²) in [5.74, 6) is 1.97. The van der Waals surface area contributed by atoms with Crippen molar-refractivity contribution in [3.8, 4) is 22.8 Å². The summed E-state index contributed by atoms with van der Waals surface area (Å²) >= 11 is 0. The van der Waals surface area contributed by atoms with Gasteiger partial charge in [-0.1, -0.05) is 18.2 Å². The maximum Gasteiger partial charge on any atom is 0.171 e. The third-order valence-corrected chi connectivity index (χ3v) is 7.36. The third-order valence-electron chi connectivity index (χ3n) is 7.36. The lowest BCUT2D eigenvalue weighted by Crippen LogP contribution is -2.39. The van der Waals surface area contributed by atoms with Crippen molar-refractivity contribution in [1.29, 1.82) is 0 Å². The van der Waals surface area contributed by atoms with Crippen molar-refractivity contribution >= 4 is 22.6 Å². The Morgan fingerprint density at radius 1 is 1.10 bits per heavy atom. The van der Waals surface area contributed by atoms with Crippen LogP contribution in [0.1, 0.15) is 25.3 Å². The van der Waals surface area contributed by atoms with Crippen LogP contribution in [0, 0.1) is 0 Å². The molecule has 0 radical (unpaired) electrons. The second-order valence-electron chi connectivity index (χ2n) is 10.2. The molecule has 4 aromatic rings. The number of rotatable bonds is 9. The number of ether oxygens (including phenoxy) is 2. The highest BCUT2D eigenvalue weighted by atomic mass is 16.5. The Morgan fingerprint density at radius 2 is 1.93 bits per heavy atom. The fraction of sp³-hybridized carbons (Fsp3) is 0.333. The number of hydrogen-bond acceptors (Lipinski definition) is 9. The number of nitrogens with two attached hydrogens (primary N) is 1. The van der Waals surface area contributed by atoms with E-state index in [-0.39, 0.29) is 17.9 Å². The number of fused-ring (bicyclic) bond motifs is 1. The quantitative estimate of drug-likeness (QED) is 0.304. The molecule has 10 nitrogen and oxygen atoms in total. The molecule has 40 heavy (non-hydrogen) atoms. The molecular weight excluding hydrogens is 506 g/mol. The Balaban J connectivity index is 1.19. The summed E-state index contributed by atoms with van der Waals surface area (Å²) in [5.41, 5.74) is 8.69. The van der Waals surface area contributed by atoms with Crippen molar-refractivity contribution in [2.24, 2.45) is 0 Å². The number of nitrogen functional groups attached to an aromatic ring is 1. The molecule has 2 aromatic carbocycles. The van der Waals surface area contributed by atoms with Crippen LogP contribution in [0.25, 0.3) is 22.3 Å². The Labute approximate surface area is 232 Å². The lowest BCUT2D eigenvalue weighted by Gasteiger charge is -2.32. The van der Waals surface area contributed by atoms with E-state index in [1.54, 1.807) is 12.3 Å². The number of nitrogens with one attached hydrogen (secondary N) is 1. The molecule has 0 spiro atoms. The molecule has 0 saturated carbocycles. The van der Waals surface area contributed by atoms with Gasteiger partial charge in [0.05, 0.1) is 30.6 Å². The summed E-state index contributed by atoms with van der Waals surface area (Å²) in [6, 6.07) is 17.8. The predicted molar refractivity (Wildman–Crippen MR) is 153 cm³/mol. The van der Waals surface area contributed by atoms with E-state index in [1.165, 1.54) is 6.33 Å². The van der Waals surface area contributed by atoms with E-state index in [9.17, 15) is 4.79 Å². The maximum absolute atomic E-state index is 12.6. The smallest absolute Gasteiger partial charge is 0.171 e. The standard InChI is InChI=1S/C30H33N7O3/c31-29-27-28(21-8-10-26(11-9-21)40-25-6-2-1-3-7-25)35-37(30(27)34-20-33-29)23-5-4-15-36(17-23)18-24(38)12-14-32-22-13-16-39-19-22/h1-3,6-12,14,20,22-23,32H,4-5,13,15-19H2,(H2,31,33,34)/b14-12+/t22-,23-/m1/s1. The van der Waals surface area contributed by atoms with E-state index in [4.69, 9.17) is 20.3 Å². The molecule has 0 unspecified atom stereocenters. The summed E-state index contributed by atoms with van der Waals surface area (Å²) in [6.07, 6.45) is 7.73. The number of carbonyl (C=O) groups excluding carboxylic acids is 1. The summed E-state index contributed by atoms with van der Waals surface area (Å²) < 4.78 is 13.3. The van der Waals surface area contributed by atoms with Gasteiger partial charge in [0, 0.05) is 24.9 Å². The van der Waals surface area contributed by atoms with Gasteiger partial charge in [0.25, 0.3) is 0 Å². The van der Waals surface area contributed by atoms with Crippen LogP contribution >= 0.6 is 0 Å². The van der Waals surface area contributed by atoms with Crippen LogP contribution in [0.2, 0.25) is 0 Å². The first kappa shape index (κ1) is 26.0. The van der Waals surface area contributed by atoms with Crippen LogP contribution in [-0.4, -0.2) is 69.3 Å². The summed E-state index contributed by atoms with van der Waals surface area (Å²) in [4.78, 5) is 23.7. The zero-order valence-electron chi connectivity index (χ0n) is 22.3. The van der Waals surface area contributed by atoms with Gasteiger partial charge in [0.2, 0.25) is 0 Å². The van der Waals surface area contributed by atoms with Gasteiger partial charge in [-0.2, -0.15) is 5.10 Å². The van der Waals surface area contributed by atoms with Crippen molar-refractivity contribution in [2.75, 3.05) is 38.6 Å². The number of carbonyl (C=O) groups is 1. The Morgan fingerprint density at radius 3 is 2.73 bits per heavy atom. The van der Waals surface area contributed by atoms with Crippen LogP contribution < -0.4 is 15.8 Å². The monoisotopic (exact) mass is 539 g/mol. The first-order chi connectivity index (χ1) is 19.6. The molecule has 206 valence electrons. The van der Waals surface area contributed by atoms with Crippen molar-refractivity contribution in [3.63, 3.8) is 0 Å². The highest BCUT2D eigenvalue weighted by molar-refractivity contribution is 5.98. The number of anilines is 1. The van der Waals surface area contributed by atoms with E-state index in [0.717, 1.165) is 60.6 Å². The number of para-hydroxylation sites is 1. The van der Waals surface area contributed by atoms with Crippen molar-refractivity contribution < 1.29 is 14.3 Å². The molecule has 2 fully saturated rings. The van der Waals surface area contributed by atoms with E-state index in [2.05, 4.69) is 20.2 Å². The molecular formula is C30H33N7O3. The SMILES string of the molecule is Nc1ncnc2c1c(-c1ccc(Oc3ccccc3)cc1)nn2[C@@H]1CCCN(CC(=O)/C=C/N[C@@H]2CCOC2)C1. The van der Waals surface area contributed by atoms with Gasteiger partial charge in [-0.05, 0) is 68.3 Å². The lowest BCUT2D eigenvalue weighted by atomic mass is 10.1. The van der Waals surface area contributed by atoms with E-state index >= 15 is 0 Å². The van der Waals surface area contributed by atoms with Gasteiger partial charge in [0.15, 0.2) is 11.4 Å². The number of hydrogen-bond donors (Lipinski definition) is 2. The molecule has 2 aliphatic rings. The second kappa shape index (κ2) is 11.8. The van der Waals surface area contributed by atoms with Crippen LogP contribution in [0.4, 0.5) is 5.82 Å². The number of nitrogens with zero attached hydrogens (tertiary/aromatic N) is 5. The Bertz CT molecular complexity index is 1480. The fourth-order valence-electron chi connectivity index (χ4n) is 5.35. The number of piperidine rings is 1. The molecule has 2 atom stereocenters. The van der Waals surface area contributed by atoms with Gasteiger partial charge < -0.3 is 20.5 Å². The number of benzene rings is 2. The van der Waals surface area contributed by atoms with Gasteiger partial charge in [-0.3, -0.25) is 9.69 Å². The highest BCUT2D eigenvalue weighted by Gasteiger charge is 2.27. The second-order valence-corrected chi connectivity index (χ2v) is 10.2. The minimum Gasteiger partial charge on any atom is -0.457 e. The largest absolute Gasteiger partial charge is 0.457 e. The molecule has 2 saturated heterocycles. The average Bonchev–Trinajstić information content (AvgIpc) is 3.63. The van der Waals surface area contributed by atoms with Crippen LogP contribution in [0.5, 0.6) is 11.5 Å². The van der Waals surface area contributed by atoms with Crippen molar-refractivity contribution in [3.05, 3.63) is 73.2 Å². The van der Waals surface area contributed by atoms with E-state index in [1.807, 2.05) is 59.3 Å². The first-order valence-corrected chi connectivity index (χ1v) is 13.7. The summed E-state index contributed by atoms with van der Waals surface area (Å²) in [7, 11) is 0. The molecule has 0 amide bonds. The Kier molecular flexibility index (Phi) is 7.69. The maximum atomic E-state index is 12.6. The normalized spacial score (nSPS) is 19.8. The van der Waals surface area contributed by atoms with E-state index < -0.39 is 0 Å². The average molecular weight is 540 g/mol. The van der Waals surface area contributed by atoms with Crippen molar-refractivity contribution in [2.45, 2.75) is 31.3 Å². The summed E-state index contributed by atoms with van der Waals surface area (Å²) in [5, 5.41) is 9.00. The van der Waals surface area contributed by atoms with E-state index in [0.29, 0.717) is 31.2 Å². The minimum absolute atomic E-state index is 0.0607. The lowest BCUT2D eigenvalue weighted by molar-refractivity contribution is -0.116. The fourth-order valence-corrected chi connectivity index (χ4v) is 5.35. The van der Waals surface area contributed by atoms with Gasteiger partial charge in [0.1, 0.15) is 29.3 Å².